The van der Waals surface area contributed by atoms with Crippen molar-refractivity contribution in [1.82, 2.24) is 0 Å². The van der Waals surface area contributed by atoms with Gasteiger partial charge in [0.2, 0.25) is 0 Å². The van der Waals surface area contributed by atoms with Crippen LogP contribution in [0.1, 0.15) is 37.3 Å². The Morgan fingerprint density at radius 3 is 2.33 bits per heavy atom. The molecule has 0 aromatic heterocycles. The number of fused-ring (bicyclic) bond motifs is 1. The first kappa shape index (κ1) is 11.7. The zero-order valence-corrected chi connectivity index (χ0v) is 10.8. The van der Waals surface area contributed by atoms with Gasteiger partial charge in [-0.2, -0.15) is 5.26 Å². The summed E-state index contributed by atoms with van der Waals surface area (Å²) in [6.45, 7) is 1.86. The summed E-state index contributed by atoms with van der Waals surface area (Å²) in [6, 6.07) is 10.6. The molecule has 2 aliphatic carbocycles. The number of aliphatic hydroxyl groups is 1. The highest BCUT2D eigenvalue weighted by Gasteiger charge is 2.52. The third-order valence-electron chi connectivity index (χ3n) is 4.73. The zero-order chi connectivity index (χ0) is 12.8. The number of nitriles is 1. The molecule has 3 rings (SSSR count). The van der Waals surface area contributed by atoms with Gasteiger partial charge in [-0.15, -0.1) is 0 Å². The summed E-state index contributed by atoms with van der Waals surface area (Å²) in [7, 11) is 0. The monoisotopic (exact) mass is 241 g/mol. The van der Waals surface area contributed by atoms with E-state index >= 15 is 0 Å². The van der Waals surface area contributed by atoms with Crippen LogP contribution < -0.4 is 0 Å². The molecule has 1 atom stereocenters. The second-order valence-electron chi connectivity index (χ2n) is 6.24. The summed E-state index contributed by atoms with van der Waals surface area (Å²) in [4.78, 5) is 0. The lowest BCUT2D eigenvalue weighted by Crippen LogP contribution is -2.46. The van der Waals surface area contributed by atoms with Gasteiger partial charge in [-0.3, -0.25) is 0 Å². The predicted molar refractivity (Wildman–Crippen MR) is 69.9 cm³/mol. The van der Waals surface area contributed by atoms with E-state index in [2.05, 4.69) is 18.2 Å². The molecule has 0 radical (unpaired) electrons. The molecule has 0 spiro atoms. The lowest BCUT2D eigenvalue weighted by Gasteiger charge is -2.37. The van der Waals surface area contributed by atoms with Crippen LogP contribution in [-0.2, 0) is 12.8 Å². The maximum atomic E-state index is 10.8. The van der Waals surface area contributed by atoms with E-state index in [1.54, 1.807) is 0 Å². The molecule has 1 saturated carbocycles. The molecule has 0 bridgehead atoms. The number of nitrogens with zero attached hydrogens (tertiary/aromatic N) is 1. The highest BCUT2D eigenvalue weighted by Crippen LogP contribution is 2.49. The normalized spacial score (nSPS) is 24.1. The van der Waals surface area contributed by atoms with Crippen molar-refractivity contribution in [3.05, 3.63) is 35.4 Å². The van der Waals surface area contributed by atoms with Crippen molar-refractivity contribution in [2.45, 2.75) is 44.6 Å². The van der Waals surface area contributed by atoms with Crippen LogP contribution in [0.25, 0.3) is 0 Å². The molecule has 2 heteroatoms. The Morgan fingerprint density at radius 1 is 1.33 bits per heavy atom. The largest absolute Gasteiger partial charge is 0.388 e. The third kappa shape index (κ3) is 1.74. The molecule has 1 aromatic rings. The Bertz CT molecular complexity index is 483. The maximum Gasteiger partial charge on any atom is 0.0937 e. The fourth-order valence-electron chi connectivity index (χ4n) is 3.27. The van der Waals surface area contributed by atoms with E-state index in [4.69, 9.17) is 0 Å². The summed E-state index contributed by atoms with van der Waals surface area (Å²) < 4.78 is 0. The molecule has 94 valence electrons. The van der Waals surface area contributed by atoms with Gasteiger partial charge in [-0.25, -0.2) is 0 Å². The molecule has 2 aliphatic rings. The van der Waals surface area contributed by atoms with Gasteiger partial charge >= 0.3 is 0 Å². The van der Waals surface area contributed by atoms with E-state index in [0.717, 1.165) is 6.42 Å². The first-order valence-electron chi connectivity index (χ1n) is 6.77. The molecule has 0 heterocycles. The molecule has 1 unspecified atom stereocenters. The van der Waals surface area contributed by atoms with E-state index in [-0.39, 0.29) is 0 Å². The Balaban J connectivity index is 1.91. The second-order valence-corrected chi connectivity index (χ2v) is 6.24. The minimum Gasteiger partial charge on any atom is -0.388 e. The van der Waals surface area contributed by atoms with Crippen LogP contribution in [0, 0.1) is 22.7 Å². The van der Waals surface area contributed by atoms with E-state index in [0.29, 0.717) is 18.8 Å². The van der Waals surface area contributed by atoms with Crippen LogP contribution in [0.3, 0.4) is 0 Å². The second kappa shape index (κ2) is 3.83. The highest BCUT2D eigenvalue weighted by molar-refractivity contribution is 5.39. The SMILES string of the molecule is CC(O)(CC1CC1)C1(C#N)Cc2ccccc2C1. The Morgan fingerprint density at radius 2 is 1.89 bits per heavy atom. The molecule has 1 fully saturated rings. The van der Waals surface area contributed by atoms with Crippen LogP contribution in [-0.4, -0.2) is 10.7 Å². The van der Waals surface area contributed by atoms with Gasteiger partial charge in [0.1, 0.15) is 0 Å². The van der Waals surface area contributed by atoms with E-state index in [1.165, 1.54) is 24.0 Å². The van der Waals surface area contributed by atoms with E-state index < -0.39 is 11.0 Å². The van der Waals surface area contributed by atoms with Crippen LogP contribution in [0.4, 0.5) is 0 Å². The Labute approximate surface area is 108 Å². The minimum atomic E-state index is -0.873. The molecular weight excluding hydrogens is 222 g/mol. The van der Waals surface area contributed by atoms with Crippen LogP contribution >= 0.6 is 0 Å². The average Bonchev–Trinajstić information content (AvgIpc) is 3.05. The molecule has 0 saturated heterocycles. The smallest absolute Gasteiger partial charge is 0.0937 e. The average molecular weight is 241 g/mol. The number of benzene rings is 1. The van der Waals surface area contributed by atoms with Gasteiger partial charge in [0.05, 0.1) is 17.1 Å². The molecule has 2 nitrogen and oxygen atoms in total. The minimum absolute atomic E-state index is 0.626. The molecular formula is C16H19NO. The van der Waals surface area contributed by atoms with E-state index in [1.807, 2.05) is 19.1 Å². The molecule has 1 aromatic carbocycles. The lowest BCUT2D eigenvalue weighted by atomic mass is 9.69. The van der Waals surface area contributed by atoms with Gasteiger partial charge in [-0.1, -0.05) is 37.1 Å². The van der Waals surface area contributed by atoms with Crippen molar-refractivity contribution in [2.24, 2.45) is 11.3 Å². The van der Waals surface area contributed by atoms with Crippen LogP contribution in [0.15, 0.2) is 24.3 Å². The van der Waals surface area contributed by atoms with Gasteiger partial charge < -0.3 is 5.11 Å². The summed E-state index contributed by atoms with van der Waals surface area (Å²) in [5, 5.41) is 20.5. The zero-order valence-electron chi connectivity index (χ0n) is 10.8. The molecule has 0 amide bonds. The first-order chi connectivity index (χ1) is 8.56. The summed E-state index contributed by atoms with van der Waals surface area (Å²) in [5.74, 6) is 0.633. The van der Waals surface area contributed by atoms with Gasteiger partial charge in [-0.05, 0) is 43.2 Å². The lowest BCUT2D eigenvalue weighted by molar-refractivity contribution is -0.0460. The number of hydrogen-bond donors (Lipinski definition) is 1. The fourth-order valence-corrected chi connectivity index (χ4v) is 3.27. The third-order valence-corrected chi connectivity index (χ3v) is 4.73. The first-order valence-corrected chi connectivity index (χ1v) is 6.77. The van der Waals surface area contributed by atoms with Crippen molar-refractivity contribution in [2.75, 3.05) is 0 Å². The quantitative estimate of drug-likeness (QED) is 0.884. The van der Waals surface area contributed by atoms with Crippen LogP contribution in [0.2, 0.25) is 0 Å². The summed E-state index contributed by atoms with van der Waals surface area (Å²) in [6.07, 6.45) is 4.59. The van der Waals surface area contributed by atoms with Gasteiger partial charge in [0, 0.05) is 0 Å². The topological polar surface area (TPSA) is 44.0 Å². The predicted octanol–water partition coefficient (Wildman–Crippen LogP) is 2.85. The van der Waals surface area contributed by atoms with Crippen molar-refractivity contribution in [3.63, 3.8) is 0 Å². The Hall–Kier alpha value is -1.33. The summed E-state index contributed by atoms with van der Waals surface area (Å²) >= 11 is 0. The standard InChI is InChI=1S/C16H19NO/c1-15(18,8-12-6-7-12)16(11-17)9-13-4-2-3-5-14(13)10-16/h2-5,12,18H,6-10H2,1H3. The highest BCUT2D eigenvalue weighted by atomic mass is 16.3. The van der Waals surface area contributed by atoms with Gasteiger partial charge in [0.25, 0.3) is 0 Å². The van der Waals surface area contributed by atoms with Crippen molar-refractivity contribution in [3.8, 4) is 6.07 Å². The number of hydrogen-bond acceptors (Lipinski definition) is 2. The van der Waals surface area contributed by atoms with Crippen LogP contribution in [0.5, 0.6) is 0 Å². The van der Waals surface area contributed by atoms with E-state index in [9.17, 15) is 10.4 Å². The number of rotatable bonds is 3. The fraction of sp³-hybridized carbons (Fsp3) is 0.562. The van der Waals surface area contributed by atoms with Crippen molar-refractivity contribution in [1.29, 1.82) is 5.26 Å². The van der Waals surface area contributed by atoms with Crippen molar-refractivity contribution < 1.29 is 5.11 Å². The Kier molecular flexibility index (Phi) is 2.50. The molecule has 0 aliphatic heterocycles. The molecule has 1 N–H and O–H groups in total. The molecule has 18 heavy (non-hydrogen) atoms. The van der Waals surface area contributed by atoms with Gasteiger partial charge in [0.15, 0.2) is 0 Å². The maximum absolute atomic E-state index is 10.8. The summed E-state index contributed by atoms with van der Waals surface area (Å²) in [5.41, 5.74) is 0.964. The van der Waals surface area contributed by atoms with Crippen molar-refractivity contribution >= 4 is 0 Å².